The summed E-state index contributed by atoms with van der Waals surface area (Å²) in [5.41, 5.74) is 2.48. The number of nitrogens with zero attached hydrogens (tertiary/aromatic N) is 1. The van der Waals surface area contributed by atoms with Crippen LogP contribution in [0.3, 0.4) is 0 Å². The van der Waals surface area contributed by atoms with Crippen LogP contribution in [-0.2, 0) is 0 Å². The van der Waals surface area contributed by atoms with Crippen molar-refractivity contribution in [1.82, 2.24) is 10.3 Å². The summed E-state index contributed by atoms with van der Waals surface area (Å²) < 4.78 is 5.01. The van der Waals surface area contributed by atoms with Gasteiger partial charge >= 0.3 is 5.76 Å². The molecule has 102 valence electrons. The second-order valence-electron chi connectivity index (χ2n) is 5.26. The lowest BCUT2D eigenvalue weighted by Crippen LogP contribution is -2.21. The van der Waals surface area contributed by atoms with Crippen LogP contribution in [0.4, 0.5) is 5.69 Å². The predicted octanol–water partition coefficient (Wildman–Crippen LogP) is 1.56. The number of oxazole rings is 1. The molecule has 0 saturated carbocycles. The number of aromatic amines is 1. The van der Waals surface area contributed by atoms with E-state index in [0.29, 0.717) is 5.58 Å². The lowest BCUT2D eigenvalue weighted by atomic mass is 10.0. The van der Waals surface area contributed by atoms with Crippen molar-refractivity contribution in [3.8, 4) is 0 Å². The zero-order valence-electron chi connectivity index (χ0n) is 11.1. The molecule has 5 heteroatoms. The number of hydrogen-bond donors (Lipinski definition) is 2. The SMILES string of the molecule is CN(CCC1CCNC1)c1ccc2oc(=O)[nH]c2c1. The van der Waals surface area contributed by atoms with Crippen LogP contribution in [0.25, 0.3) is 11.1 Å². The largest absolute Gasteiger partial charge is 0.417 e. The first-order valence-electron chi connectivity index (χ1n) is 6.77. The van der Waals surface area contributed by atoms with Crippen LogP contribution in [0.5, 0.6) is 0 Å². The van der Waals surface area contributed by atoms with Gasteiger partial charge in [-0.1, -0.05) is 0 Å². The summed E-state index contributed by atoms with van der Waals surface area (Å²) in [4.78, 5) is 16.0. The van der Waals surface area contributed by atoms with E-state index in [-0.39, 0.29) is 0 Å². The van der Waals surface area contributed by atoms with Crippen LogP contribution < -0.4 is 16.0 Å². The van der Waals surface area contributed by atoms with Crippen molar-refractivity contribution >= 4 is 16.8 Å². The van der Waals surface area contributed by atoms with E-state index in [1.165, 1.54) is 12.8 Å². The van der Waals surface area contributed by atoms with Gasteiger partial charge < -0.3 is 14.6 Å². The van der Waals surface area contributed by atoms with Gasteiger partial charge in [0.05, 0.1) is 5.52 Å². The summed E-state index contributed by atoms with van der Waals surface area (Å²) in [6.45, 7) is 3.32. The molecule has 5 nitrogen and oxygen atoms in total. The number of anilines is 1. The van der Waals surface area contributed by atoms with Gasteiger partial charge in [0.2, 0.25) is 0 Å². The molecule has 1 aliphatic heterocycles. The Bertz CT molecular complexity index is 610. The van der Waals surface area contributed by atoms with Gasteiger partial charge in [0, 0.05) is 19.3 Å². The molecule has 1 unspecified atom stereocenters. The van der Waals surface area contributed by atoms with E-state index >= 15 is 0 Å². The van der Waals surface area contributed by atoms with E-state index in [0.717, 1.165) is 36.8 Å². The molecule has 0 radical (unpaired) electrons. The van der Waals surface area contributed by atoms with E-state index in [1.54, 1.807) is 0 Å². The smallest absolute Gasteiger partial charge is 0.408 e. The van der Waals surface area contributed by atoms with E-state index in [4.69, 9.17) is 4.42 Å². The molecule has 2 aromatic rings. The number of rotatable bonds is 4. The summed E-state index contributed by atoms with van der Waals surface area (Å²) in [6.07, 6.45) is 2.48. The highest BCUT2D eigenvalue weighted by molar-refractivity contribution is 5.77. The highest BCUT2D eigenvalue weighted by Gasteiger charge is 2.15. The molecule has 0 bridgehead atoms. The zero-order chi connectivity index (χ0) is 13.2. The van der Waals surface area contributed by atoms with Crippen LogP contribution in [0.1, 0.15) is 12.8 Å². The molecule has 1 fully saturated rings. The van der Waals surface area contributed by atoms with Crippen molar-refractivity contribution in [2.24, 2.45) is 5.92 Å². The van der Waals surface area contributed by atoms with Crippen molar-refractivity contribution in [3.63, 3.8) is 0 Å². The third kappa shape index (κ3) is 2.66. The first-order valence-corrected chi connectivity index (χ1v) is 6.77. The molecule has 1 atom stereocenters. The normalized spacial score (nSPS) is 19.1. The third-order valence-corrected chi connectivity index (χ3v) is 3.88. The predicted molar refractivity (Wildman–Crippen MR) is 75.7 cm³/mol. The van der Waals surface area contributed by atoms with Gasteiger partial charge in [-0.2, -0.15) is 0 Å². The fourth-order valence-electron chi connectivity index (χ4n) is 2.64. The van der Waals surface area contributed by atoms with Crippen molar-refractivity contribution in [1.29, 1.82) is 0 Å². The lowest BCUT2D eigenvalue weighted by molar-refractivity contribution is 0.533. The Kier molecular flexibility index (Phi) is 3.29. The second kappa shape index (κ2) is 5.09. The molecule has 2 heterocycles. The summed E-state index contributed by atoms with van der Waals surface area (Å²) in [7, 11) is 2.09. The number of nitrogens with one attached hydrogen (secondary N) is 2. The Balaban J connectivity index is 1.69. The minimum Gasteiger partial charge on any atom is -0.408 e. The minimum atomic E-state index is -0.396. The fourth-order valence-corrected chi connectivity index (χ4v) is 2.64. The maximum absolute atomic E-state index is 11.1. The Morgan fingerprint density at radius 1 is 1.47 bits per heavy atom. The van der Waals surface area contributed by atoms with E-state index < -0.39 is 5.76 Å². The number of hydrogen-bond acceptors (Lipinski definition) is 4. The van der Waals surface area contributed by atoms with Gasteiger partial charge in [-0.25, -0.2) is 4.79 Å². The number of fused-ring (bicyclic) bond motifs is 1. The van der Waals surface area contributed by atoms with Crippen LogP contribution in [0.15, 0.2) is 27.4 Å². The van der Waals surface area contributed by atoms with Gasteiger partial charge in [0.25, 0.3) is 0 Å². The van der Waals surface area contributed by atoms with E-state index in [2.05, 4.69) is 22.2 Å². The van der Waals surface area contributed by atoms with Crippen molar-refractivity contribution < 1.29 is 4.42 Å². The standard InChI is InChI=1S/C14H19N3O2/c1-17(7-5-10-4-6-15-9-10)11-2-3-13-12(8-11)16-14(18)19-13/h2-3,8,10,15H,4-7,9H2,1H3,(H,16,18). The average molecular weight is 261 g/mol. The quantitative estimate of drug-likeness (QED) is 0.876. The number of aromatic nitrogens is 1. The van der Waals surface area contributed by atoms with Crippen molar-refractivity contribution in [2.75, 3.05) is 31.6 Å². The Hall–Kier alpha value is -1.75. The van der Waals surface area contributed by atoms with Gasteiger partial charge in [-0.3, -0.25) is 4.98 Å². The van der Waals surface area contributed by atoms with Gasteiger partial charge in [-0.15, -0.1) is 0 Å². The summed E-state index contributed by atoms with van der Waals surface area (Å²) in [6, 6.07) is 5.80. The highest BCUT2D eigenvalue weighted by atomic mass is 16.4. The molecule has 1 aromatic heterocycles. The Morgan fingerprint density at radius 2 is 2.37 bits per heavy atom. The number of H-pyrrole nitrogens is 1. The molecule has 0 spiro atoms. The molecule has 3 rings (SSSR count). The highest BCUT2D eigenvalue weighted by Crippen LogP contribution is 2.20. The topological polar surface area (TPSA) is 61.3 Å². The van der Waals surface area contributed by atoms with Crippen LogP contribution in [0, 0.1) is 5.92 Å². The van der Waals surface area contributed by atoms with Gasteiger partial charge in [-0.05, 0) is 50.0 Å². The molecule has 1 saturated heterocycles. The van der Waals surface area contributed by atoms with E-state index in [1.807, 2.05) is 18.2 Å². The molecule has 0 amide bonds. The van der Waals surface area contributed by atoms with Crippen LogP contribution in [0.2, 0.25) is 0 Å². The molecular formula is C14H19N3O2. The van der Waals surface area contributed by atoms with Crippen LogP contribution in [-0.4, -0.2) is 31.7 Å². The molecule has 1 aromatic carbocycles. The summed E-state index contributed by atoms with van der Waals surface area (Å²) in [5, 5.41) is 3.39. The molecule has 1 aliphatic rings. The molecular weight excluding hydrogens is 242 g/mol. The lowest BCUT2D eigenvalue weighted by Gasteiger charge is -2.21. The van der Waals surface area contributed by atoms with Crippen molar-refractivity contribution in [2.45, 2.75) is 12.8 Å². The molecule has 2 N–H and O–H groups in total. The van der Waals surface area contributed by atoms with Crippen LogP contribution >= 0.6 is 0 Å². The Morgan fingerprint density at radius 3 is 3.16 bits per heavy atom. The van der Waals surface area contributed by atoms with Crippen molar-refractivity contribution in [3.05, 3.63) is 28.7 Å². The first kappa shape index (κ1) is 12.3. The molecule has 0 aliphatic carbocycles. The zero-order valence-corrected chi connectivity index (χ0v) is 11.1. The minimum absolute atomic E-state index is 0.396. The Labute approximate surface area is 111 Å². The maximum Gasteiger partial charge on any atom is 0.417 e. The third-order valence-electron chi connectivity index (χ3n) is 3.88. The maximum atomic E-state index is 11.1. The fraction of sp³-hybridized carbons (Fsp3) is 0.500. The van der Waals surface area contributed by atoms with Gasteiger partial charge in [0.15, 0.2) is 5.58 Å². The summed E-state index contributed by atoms with van der Waals surface area (Å²) >= 11 is 0. The van der Waals surface area contributed by atoms with Gasteiger partial charge in [0.1, 0.15) is 0 Å². The number of benzene rings is 1. The average Bonchev–Trinajstić information content (AvgIpc) is 3.02. The first-order chi connectivity index (χ1) is 9.22. The summed E-state index contributed by atoms with van der Waals surface area (Å²) in [5.74, 6) is 0.395. The second-order valence-corrected chi connectivity index (χ2v) is 5.26. The van der Waals surface area contributed by atoms with E-state index in [9.17, 15) is 4.79 Å². The molecule has 19 heavy (non-hydrogen) atoms. The monoisotopic (exact) mass is 261 g/mol.